The van der Waals surface area contributed by atoms with Gasteiger partial charge in [-0.3, -0.25) is 9.67 Å². The van der Waals surface area contributed by atoms with Crippen molar-refractivity contribution < 1.29 is 5.11 Å². The average Bonchev–Trinajstić information content (AvgIpc) is 2.63. The average molecular weight is 270 g/mol. The standard InChI is InChI=1S/C10H12BrN3O/c11-8-3-4-12-9-7-14(13-10(8)9)5-1-2-6-15/h3-4,7,15H,1-2,5-6H2. The van der Waals surface area contributed by atoms with Gasteiger partial charge in [-0.25, -0.2) is 0 Å². The second-order valence-electron chi connectivity index (χ2n) is 3.35. The van der Waals surface area contributed by atoms with E-state index < -0.39 is 0 Å². The maximum atomic E-state index is 8.68. The summed E-state index contributed by atoms with van der Waals surface area (Å²) in [5.41, 5.74) is 1.79. The zero-order valence-corrected chi connectivity index (χ0v) is 9.81. The van der Waals surface area contributed by atoms with Gasteiger partial charge in [0.1, 0.15) is 11.0 Å². The number of aryl methyl sites for hydroxylation is 1. The molecule has 2 heterocycles. The van der Waals surface area contributed by atoms with E-state index in [9.17, 15) is 0 Å². The molecule has 0 saturated heterocycles. The van der Waals surface area contributed by atoms with Gasteiger partial charge in [-0.2, -0.15) is 5.10 Å². The molecule has 15 heavy (non-hydrogen) atoms. The minimum atomic E-state index is 0.239. The molecule has 0 spiro atoms. The summed E-state index contributed by atoms with van der Waals surface area (Å²) < 4.78 is 2.84. The van der Waals surface area contributed by atoms with Gasteiger partial charge in [-0.05, 0) is 34.8 Å². The van der Waals surface area contributed by atoms with Crippen molar-refractivity contribution in [3.05, 3.63) is 22.9 Å². The lowest BCUT2D eigenvalue weighted by Crippen LogP contribution is -1.99. The van der Waals surface area contributed by atoms with Crippen LogP contribution in [-0.2, 0) is 6.54 Å². The van der Waals surface area contributed by atoms with Gasteiger partial charge in [-0.15, -0.1) is 0 Å². The fourth-order valence-electron chi connectivity index (χ4n) is 1.44. The summed E-state index contributed by atoms with van der Waals surface area (Å²) in [6.45, 7) is 1.06. The Morgan fingerprint density at radius 1 is 1.40 bits per heavy atom. The molecule has 0 fully saturated rings. The lowest BCUT2D eigenvalue weighted by molar-refractivity contribution is 0.280. The lowest BCUT2D eigenvalue weighted by Gasteiger charge is -1.98. The number of unbranched alkanes of at least 4 members (excludes halogenated alkanes) is 1. The first kappa shape index (κ1) is 10.6. The van der Waals surface area contributed by atoms with Crippen molar-refractivity contribution in [2.75, 3.05) is 6.61 Å². The summed E-state index contributed by atoms with van der Waals surface area (Å²) in [7, 11) is 0. The molecular weight excluding hydrogens is 258 g/mol. The van der Waals surface area contributed by atoms with E-state index in [4.69, 9.17) is 5.11 Å². The molecule has 0 amide bonds. The van der Waals surface area contributed by atoms with Crippen molar-refractivity contribution in [3.8, 4) is 0 Å². The van der Waals surface area contributed by atoms with Gasteiger partial charge >= 0.3 is 0 Å². The molecule has 2 aromatic rings. The van der Waals surface area contributed by atoms with Crippen LogP contribution in [0.2, 0.25) is 0 Å². The van der Waals surface area contributed by atoms with E-state index in [2.05, 4.69) is 26.0 Å². The summed E-state index contributed by atoms with van der Waals surface area (Å²) in [4.78, 5) is 4.23. The molecule has 0 radical (unpaired) electrons. The molecule has 5 heteroatoms. The molecule has 0 aliphatic carbocycles. The molecule has 0 aliphatic heterocycles. The van der Waals surface area contributed by atoms with Crippen molar-refractivity contribution in [2.45, 2.75) is 19.4 Å². The molecule has 0 aromatic carbocycles. The predicted molar refractivity (Wildman–Crippen MR) is 61.5 cm³/mol. The SMILES string of the molecule is OCCCCn1cc2nccc(Br)c2n1. The number of fused-ring (bicyclic) bond motifs is 1. The van der Waals surface area contributed by atoms with E-state index in [1.165, 1.54) is 0 Å². The van der Waals surface area contributed by atoms with Crippen LogP contribution in [0, 0.1) is 0 Å². The van der Waals surface area contributed by atoms with Crippen molar-refractivity contribution in [2.24, 2.45) is 0 Å². The predicted octanol–water partition coefficient (Wildman–Crippen LogP) is 1.97. The van der Waals surface area contributed by atoms with Gasteiger partial charge in [0.2, 0.25) is 0 Å². The fraction of sp³-hybridized carbons (Fsp3) is 0.400. The van der Waals surface area contributed by atoms with Crippen LogP contribution in [0.5, 0.6) is 0 Å². The number of aromatic nitrogens is 3. The molecular formula is C10H12BrN3O. The Labute approximate surface area is 96.1 Å². The largest absolute Gasteiger partial charge is 0.396 e. The van der Waals surface area contributed by atoms with E-state index in [1.54, 1.807) is 6.20 Å². The number of aliphatic hydroxyl groups excluding tert-OH is 1. The number of nitrogens with zero attached hydrogens (tertiary/aromatic N) is 3. The van der Waals surface area contributed by atoms with Crippen LogP contribution in [0.4, 0.5) is 0 Å². The molecule has 0 saturated carbocycles. The quantitative estimate of drug-likeness (QED) is 0.864. The van der Waals surface area contributed by atoms with Crippen LogP contribution < -0.4 is 0 Å². The van der Waals surface area contributed by atoms with E-state index in [1.807, 2.05) is 16.9 Å². The molecule has 1 N–H and O–H groups in total. The Morgan fingerprint density at radius 2 is 2.27 bits per heavy atom. The first-order valence-electron chi connectivity index (χ1n) is 4.90. The second-order valence-corrected chi connectivity index (χ2v) is 4.20. The number of rotatable bonds is 4. The molecule has 2 rings (SSSR count). The van der Waals surface area contributed by atoms with Gasteiger partial charge in [0.25, 0.3) is 0 Å². The van der Waals surface area contributed by atoms with Crippen LogP contribution >= 0.6 is 15.9 Å². The summed E-state index contributed by atoms with van der Waals surface area (Å²) in [6.07, 6.45) is 5.43. The van der Waals surface area contributed by atoms with Crippen LogP contribution in [0.25, 0.3) is 11.0 Å². The van der Waals surface area contributed by atoms with Crippen molar-refractivity contribution >= 4 is 27.0 Å². The highest BCUT2D eigenvalue weighted by Crippen LogP contribution is 2.19. The van der Waals surface area contributed by atoms with Gasteiger partial charge in [0.05, 0.1) is 6.20 Å². The van der Waals surface area contributed by atoms with E-state index in [-0.39, 0.29) is 6.61 Å². The maximum Gasteiger partial charge on any atom is 0.125 e. The molecule has 0 unspecified atom stereocenters. The van der Waals surface area contributed by atoms with Crippen molar-refractivity contribution in [3.63, 3.8) is 0 Å². The Morgan fingerprint density at radius 3 is 3.00 bits per heavy atom. The number of hydrogen-bond donors (Lipinski definition) is 1. The topological polar surface area (TPSA) is 50.9 Å². The molecule has 4 nitrogen and oxygen atoms in total. The van der Waals surface area contributed by atoms with Crippen molar-refractivity contribution in [1.29, 1.82) is 0 Å². The van der Waals surface area contributed by atoms with E-state index in [0.717, 1.165) is 34.9 Å². The maximum absolute atomic E-state index is 8.68. The van der Waals surface area contributed by atoms with E-state index >= 15 is 0 Å². The summed E-state index contributed by atoms with van der Waals surface area (Å²) in [6, 6.07) is 1.88. The van der Waals surface area contributed by atoms with Gasteiger partial charge in [0, 0.05) is 23.8 Å². The monoisotopic (exact) mass is 269 g/mol. The molecule has 80 valence electrons. The zero-order valence-electron chi connectivity index (χ0n) is 8.23. The normalized spacial score (nSPS) is 11.1. The highest BCUT2D eigenvalue weighted by atomic mass is 79.9. The third-order valence-corrected chi connectivity index (χ3v) is 2.84. The molecule has 0 bridgehead atoms. The highest BCUT2D eigenvalue weighted by molar-refractivity contribution is 9.10. The number of aliphatic hydroxyl groups is 1. The number of pyridine rings is 1. The Balaban J connectivity index is 2.20. The van der Waals surface area contributed by atoms with Gasteiger partial charge in [-0.1, -0.05) is 0 Å². The van der Waals surface area contributed by atoms with Crippen LogP contribution in [-0.4, -0.2) is 26.5 Å². The third-order valence-electron chi connectivity index (χ3n) is 2.20. The smallest absolute Gasteiger partial charge is 0.125 e. The lowest BCUT2D eigenvalue weighted by atomic mass is 10.3. The second kappa shape index (κ2) is 4.72. The van der Waals surface area contributed by atoms with Crippen LogP contribution in [0.1, 0.15) is 12.8 Å². The summed E-state index contributed by atoms with van der Waals surface area (Å²) >= 11 is 3.44. The number of hydrogen-bond acceptors (Lipinski definition) is 3. The van der Waals surface area contributed by atoms with Crippen LogP contribution in [0.3, 0.4) is 0 Å². The molecule has 0 atom stereocenters. The molecule has 0 aliphatic rings. The third kappa shape index (κ3) is 2.35. The minimum absolute atomic E-state index is 0.239. The highest BCUT2D eigenvalue weighted by Gasteiger charge is 2.04. The fourth-order valence-corrected chi connectivity index (χ4v) is 1.84. The van der Waals surface area contributed by atoms with Crippen molar-refractivity contribution in [1.82, 2.24) is 14.8 Å². The van der Waals surface area contributed by atoms with E-state index in [0.29, 0.717) is 0 Å². The zero-order chi connectivity index (χ0) is 10.7. The number of halogens is 1. The van der Waals surface area contributed by atoms with Gasteiger partial charge < -0.3 is 5.11 Å². The first-order chi connectivity index (χ1) is 7.31. The summed E-state index contributed by atoms with van der Waals surface area (Å²) in [5, 5.41) is 13.1. The molecule has 2 aromatic heterocycles. The Kier molecular flexibility index (Phi) is 3.33. The minimum Gasteiger partial charge on any atom is -0.396 e. The Hall–Kier alpha value is -0.940. The Bertz CT molecular complexity index is 455. The van der Waals surface area contributed by atoms with Crippen LogP contribution in [0.15, 0.2) is 22.9 Å². The summed E-state index contributed by atoms with van der Waals surface area (Å²) in [5.74, 6) is 0. The first-order valence-corrected chi connectivity index (χ1v) is 5.69. The van der Waals surface area contributed by atoms with Gasteiger partial charge in [0.15, 0.2) is 0 Å².